The Morgan fingerprint density at radius 3 is 2.00 bits per heavy atom. The van der Waals surface area contributed by atoms with Crippen molar-refractivity contribution in [3.05, 3.63) is 203 Å². The van der Waals surface area contributed by atoms with Crippen molar-refractivity contribution in [2.24, 2.45) is 0 Å². The van der Waals surface area contributed by atoms with Crippen molar-refractivity contribution >= 4 is 33.0 Å². The molecule has 0 spiro atoms. The Kier molecular flexibility index (Phi) is 11.5. The van der Waals surface area contributed by atoms with Crippen LogP contribution in [0.2, 0.25) is 0 Å². The summed E-state index contributed by atoms with van der Waals surface area (Å²) in [6.45, 7) is 13.4. The van der Waals surface area contributed by atoms with Crippen molar-refractivity contribution in [1.82, 2.24) is 14.5 Å². The molecule has 1 aliphatic rings. The number of rotatable bonds is 8. The average molecular weight is 1090 g/mol. The first-order valence-electron chi connectivity index (χ1n) is 24.2. The fourth-order valence-electron chi connectivity index (χ4n) is 10.8. The molecule has 0 atom stereocenters. The number of aryl methyl sites for hydroxylation is 4. The summed E-state index contributed by atoms with van der Waals surface area (Å²) in [6.07, 6.45) is 1.72. The van der Waals surface area contributed by atoms with Gasteiger partial charge in [0.25, 0.3) is 0 Å². The van der Waals surface area contributed by atoms with Crippen molar-refractivity contribution < 1.29 is 30.6 Å². The van der Waals surface area contributed by atoms with E-state index in [4.69, 9.17) is 14.4 Å². The first-order chi connectivity index (χ1) is 33.6. The van der Waals surface area contributed by atoms with Crippen molar-refractivity contribution in [2.45, 2.75) is 66.2 Å². The first kappa shape index (κ1) is 45.1. The summed E-state index contributed by atoms with van der Waals surface area (Å²) in [5.74, 6) is 1.69. The van der Waals surface area contributed by atoms with Gasteiger partial charge >= 0.3 is 0 Å². The molecule has 0 saturated heterocycles. The van der Waals surface area contributed by atoms with Gasteiger partial charge in [-0.25, -0.2) is 9.97 Å². The van der Waals surface area contributed by atoms with Gasteiger partial charge in [-0.2, -0.15) is 0 Å². The summed E-state index contributed by atoms with van der Waals surface area (Å²) in [5.41, 5.74) is 22.4. The molecule has 3 heterocycles. The maximum absolute atomic E-state index is 11.2. The summed E-state index contributed by atoms with van der Waals surface area (Å²) in [7, 11) is 0. The Labute approximate surface area is 423 Å². The van der Waals surface area contributed by atoms with E-state index in [0.717, 1.165) is 135 Å². The van der Waals surface area contributed by atoms with E-state index >= 15 is 0 Å². The van der Waals surface area contributed by atoms with Gasteiger partial charge in [-0.15, -0.1) is 17.2 Å². The van der Waals surface area contributed by atoms with Crippen LogP contribution in [-0.2, 0) is 33.9 Å². The Hall–Kier alpha value is -7.33. The number of phenolic OH excluding ortho intramolecular Hbond substituents is 1. The molecule has 346 valence electrons. The minimum atomic E-state index is 0. The summed E-state index contributed by atoms with van der Waals surface area (Å²) >= 11 is 0. The molecule has 0 radical (unpaired) electrons. The molecule has 11 aromatic rings. The molecule has 0 aliphatic heterocycles. The number of hydrogen-bond donors (Lipinski definition) is 1. The van der Waals surface area contributed by atoms with Gasteiger partial charge in [0.1, 0.15) is 17.0 Å². The molecular formula is C64H52N3O2Pt-. The normalized spacial score (nSPS) is 12.2. The third-order valence-corrected chi connectivity index (χ3v) is 14.3. The zero-order valence-corrected chi connectivity index (χ0v) is 42.4. The molecule has 0 unspecified atom stereocenters. The number of benzene rings is 8. The number of nitrogens with zero attached hydrogens (tertiary/aromatic N) is 3. The zero-order chi connectivity index (χ0) is 47.1. The van der Waals surface area contributed by atoms with Crippen LogP contribution in [-0.4, -0.2) is 19.6 Å². The largest absolute Gasteiger partial charge is 0.507 e. The van der Waals surface area contributed by atoms with Crippen LogP contribution in [0.4, 0.5) is 0 Å². The third kappa shape index (κ3) is 7.50. The first-order valence-corrected chi connectivity index (χ1v) is 24.2. The van der Waals surface area contributed by atoms with Crippen LogP contribution in [0.1, 0.15) is 72.9 Å². The predicted molar refractivity (Wildman–Crippen MR) is 284 cm³/mol. The Balaban J connectivity index is 0.00000533. The second kappa shape index (κ2) is 17.9. The standard InChI is InChI=1S/C64H52N3O2.Pt/c1-37(2)44-32-45(38(3)4)34-46(33-44)49-23-14-22-48(41-18-8-7-9-19-41)59(49)52-35-47(36-57-60(52)51-21-10-11-27-56(51)69-57)50-24-15-25-54-62(50)66-64(67(54)63-39(5)16-12-17-40(63)6)53-31-30-43-29-28-42-20-13-26-55(68)58(42)61(43)65-53;/h7-27,30-34,36-38,68H,28-29H2,1-6H3;/q-1;. The number of hydrogen-bond acceptors (Lipinski definition) is 4. The number of para-hydroxylation sites is 3. The van der Waals surface area contributed by atoms with Crippen LogP contribution in [0.5, 0.6) is 5.75 Å². The smallest absolute Gasteiger partial charge is 0.163 e. The van der Waals surface area contributed by atoms with Gasteiger partial charge in [0, 0.05) is 26.6 Å². The number of furan rings is 1. The van der Waals surface area contributed by atoms with Gasteiger partial charge in [-0.3, -0.25) is 4.57 Å². The number of fused-ring (bicyclic) bond motifs is 7. The minimum Gasteiger partial charge on any atom is -0.507 e. The summed E-state index contributed by atoms with van der Waals surface area (Å²) in [6, 6.07) is 62.2. The maximum atomic E-state index is 11.2. The molecular weight excluding hydrogens is 1040 g/mol. The van der Waals surface area contributed by atoms with Crippen LogP contribution < -0.4 is 0 Å². The molecule has 0 saturated carbocycles. The number of aromatic nitrogens is 3. The average Bonchev–Trinajstić information content (AvgIpc) is 3.95. The van der Waals surface area contributed by atoms with Crippen molar-refractivity contribution in [2.75, 3.05) is 0 Å². The van der Waals surface area contributed by atoms with E-state index in [1.807, 2.05) is 12.1 Å². The van der Waals surface area contributed by atoms with Crippen molar-refractivity contribution in [3.8, 4) is 78.7 Å². The Morgan fingerprint density at radius 2 is 1.24 bits per heavy atom. The predicted octanol–water partition coefficient (Wildman–Crippen LogP) is 16.8. The third-order valence-electron chi connectivity index (χ3n) is 14.3. The Bertz CT molecular complexity index is 3790. The minimum absolute atomic E-state index is 0. The van der Waals surface area contributed by atoms with Gasteiger partial charge in [-0.1, -0.05) is 178 Å². The molecule has 0 fully saturated rings. The number of pyridine rings is 1. The molecule has 3 aromatic heterocycles. The van der Waals surface area contributed by atoms with Gasteiger partial charge in [0.05, 0.1) is 28.0 Å². The molecule has 8 aromatic carbocycles. The molecule has 1 aliphatic carbocycles. The molecule has 0 bridgehead atoms. The molecule has 70 heavy (non-hydrogen) atoms. The monoisotopic (exact) mass is 1090 g/mol. The summed E-state index contributed by atoms with van der Waals surface area (Å²) in [5, 5.41) is 13.3. The number of phenols is 1. The number of imidazole rings is 1. The van der Waals surface area contributed by atoms with E-state index in [9.17, 15) is 5.11 Å². The zero-order valence-electron chi connectivity index (χ0n) is 40.2. The van der Waals surface area contributed by atoms with Crippen LogP contribution in [0.15, 0.2) is 168 Å². The number of aromatic hydroxyl groups is 1. The fourth-order valence-corrected chi connectivity index (χ4v) is 10.8. The van der Waals surface area contributed by atoms with E-state index < -0.39 is 0 Å². The van der Waals surface area contributed by atoms with Gasteiger partial charge in [0.15, 0.2) is 5.82 Å². The van der Waals surface area contributed by atoms with Crippen molar-refractivity contribution in [1.29, 1.82) is 0 Å². The molecule has 0 amide bonds. The Morgan fingerprint density at radius 1 is 0.586 bits per heavy atom. The van der Waals surface area contributed by atoms with E-state index in [1.165, 1.54) is 16.7 Å². The summed E-state index contributed by atoms with van der Waals surface area (Å²) < 4.78 is 9.18. The van der Waals surface area contributed by atoms with E-state index in [1.54, 1.807) is 6.07 Å². The van der Waals surface area contributed by atoms with Crippen LogP contribution in [0, 0.1) is 19.9 Å². The molecule has 6 heteroatoms. The van der Waals surface area contributed by atoms with Gasteiger partial charge < -0.3 is 9.52 Å². The van der Waals surface area contributed by atoms with Gasteiger partial charge in [0.2, 0.25) is 0 Å². The van der Waals surface area contributed by atoms with Crippen LogP contribution in [0.25, 0.3) is 106 Å². The second-order valence-electron chi connectivity index (χ2n) is 19.4. The van der Waals surface area contributed by atoms with E-state index in [-0.39, 0.29) is 26.8 Å². The van der Waals surface area contributed by atoms with Crippen LogP contribution in [0.3, 0.4) is 0 Å². The van der Waals surface area contributed by atoms with Gasteiger partial charge in [-0.05, 0) is 129 Å². The van der Waals surface area contributed by atoms with Crippen molar-refractivity contribution in [3.63, 3.8) is 0 Å². The molecule has 12 rings (SSSR count). The molecule has 5 nitrogen and oxygen atoms in total. The second-order valence-corrected chi connectivity index (χ2v) is 19.4. The van der Waals surface area contributed by atoms with E-state index in [0.29, 0.717) is 11.8 Å². The topological polar surface area (TPSA) is 64.1 Å². The van der Waals surface area contributed by atoms with Crippen LogP contribution >= 0.6 is 0 Å². The molecule has 1 N–H and O–H groups in total. The summed E-state index contributed by atoms with van der Waals surface area (Å²) in [4.78, 5) is 11.0. The fraction of sp³-hybridized carbons (Fsp3) is 0.156. The quantitative estimate of drug-likeness (QED) is 0.154. The van der Waals surface area contributed by atoms with E-state index in [2.05, 4.69) is 198 Å². The SMILES string of the molecule is Cc1cccc(C)c1-n1c(-c2ccc3c(n2)-c2c(O)cccc2CC3)nc2c(-c3[c-]c(-c4c(-c5ccccc5)cccc4-c4cc(C(C)C)cc(C(C)C)c4)c4c(c3)oc3ccccc34)cccc21.[Pt]. The maximum Gasteiger partial charge on any atom is 0.163 e.